The Bertz CT molecular complexity index is 382. The number of nitrogens with two attached hydrogens (primary N) is 1. The van der Waals surface area contributed by atoms with Crippen LogP contribution in [0.15, 0.2) is 4.99 Å². The van der Waals surface area contributed by atoms with Gasteiger partial charge in [0, 0.05) is 13.1 Å². The van der Waals surface area contributed by atoms with Crippen LogP contribution >= 0.6 is 0 Å². The van der Waals surface area contributed by atoms with Crippen molar-refractivity contribution in [2.45, 2.75) is 65.5 Å². The van der Waals surface area contributed by atoms with Crippen molar-refractivity contribution >= 4 is 12.1 Å². The van der Waals surface area contributed by atoms with E-state index in [1.807, 2.05) is 20.8 Å². The van der Waals surface area contributed by atoms with Crippen LogP contribution in [0.25, 0.3) is 0 Å². The third kappa shape index (κ3) is 7.00. The number of carbonyl (C=O) groups excluding carboxylic acids is 1. The van der Waals surface area contributed by atoms with Gasteiger partial charge in [-0.3, -0.25) is 4.99 Å². The third-order valence-electron chi connectivity index (χ3n) is 3.64. The van der Waals surface area contributed by atoms with Gasteiger partial charge in [-0.05, 0) is 46.0 Å². The van der Waals surface area contributed by atoms with Crippen LogP contribution in [0.3, 0.4) is 0 Å². The van der Waals surface area contributed by atoms with E-state index in [0.29, 0.717) is 12.5 Å². The summed E-state index contributed by atoms with van der Waals surface area (Å²) in [5.41, 5.74) is 5.56. The number of alkyl carbamates (subject to hydrolysis) is 1. The molecule has 1 unspecified atom stereocenters. The second-order valence-electron chi connectivity index (χ2n) is 7.24. The number of hydrogen-bond acceptors (Lipinski definition) is 3. The Morgan fingerprint density at radius 3 is 2.36 bits per heavy atom. The summed E-state index contributed by atoms with van der Waals surface area (Å²) in [7, 11) is 0. The van der Waals surface area contributed by atoms with Gasteiger partial charge in [0.05, 0.1) is 12.6 Å². The molecule has 0 aromatic heterocycles. The summed E-state index contributed by atoms with van der Waals surface area (Å²) in [5.74, 6) is 0.835. The number of ether oxygens (including phenoxy) is 1. The Kier molecular flexibility index (Phi) is 6.97. The van der Waals surface area contributed by atoms with E-state index < -0.39 is 11.7 Å². The van der Waals surface area contributed by atoms with Crippen molar-refractivity contribution in [1.29, 1.82) is 0 Å². The van der Waals surface area contributed by atoms with Crippen LogP contribution in [0.2, 0.25) is 0 Å². The van der Waals surface area contributed by atoms with Crippen LogP contribution in [0.4, 0.5) is 4.79 Å². The summed E-state index contributed by atoms with van der Waals surface area (Å²) in [6, 6.07) is -0.0850. The molecule has 1 fully saturated rings. The van der Waals surface area contributed by atoms with Crippen molar-refractivity contribution in [3.8, 4) is 0 Å². The van der Waals surface area contributed by atoms with Gasteiger partial charge in [-0.25, -0.2) is 4.79 Å². The fraction of sp³-hybridized carbons (Fsp3) is 0.875. The largest absolute Gasteiger partial charge is 0.444 e. The number of aliphatic imine (C=N–C) groups is 1. The van der Waals surface area contributed by atoms with Crippen LogP contribution in [0.5, 0.6) is 0 Å². The number of amides is 1. The molecule has 22 heavy (non-hydrogen) atoms. The number of rotatable bonds is 4. The molecule has 1 rings (SSSR count). The lowest BCUT2D eigenvalue weighted by Gasteiger charge is -2.28. The highest BCUT2D eigenvalue weighted by atomic mass is 16.6. The van der Waals surface area contributed by atoms with Crippen molar-refractivity contribution in [2.24, 2.45) is 16.6 Å². The van der Waals surface area contributed by atoms with Crippen molar-refractivity contribution in [2.75, 3.05) is 19.6 Å². The Balaban J connectivity index is 2.54. The highest BCUT2D eigenvalue weighted by Crippen LogP contribution is 2.10. The first-order valence-electron chi connectivity index (χ1n) is 8.23. The molecule has 0 spiro atoms. The van der Waals surface area contributed by atoms with E-state index in [4.69, 9.17) is 10.5 Å². The molecule has 0 bridgehead atoms. The summed E-state index contributed by atoms with van der Waals surface area (Å²) in [4.78, 5) is 18.5. The maximum absolute atomic E-state index is 11.9. The minimum Gasteiger partial charge on any atom is -0.444 e. The molecule has 6 heteroatoms. The van der Waals surface area contributed by atoms with Gasteiger partial charge in [0.2, 0.25) is 0 Å². The van der Waals surface area contributed by atoms with Crippen molar-refractivity contribution in [3.05, 3.63) is 0 Å². The van der Waals surface area contributed by atoms with Crippen LogP contribution in [-0.4, -0.2) is 48.2 Å². The highest BCUT2D eigenvalue weighted by Gasteiger charge is 2.21. The van der Waals surface area contributed by atoms with Gasteiger partial charge >= 0.3 is 6.09 Å². The molecular weight excluding hydrogens is 280 g/mol. The summed E-state index contributed by atoms with van der Waals surface area (Å²) in [5, 5.41) is 2.89. The predicted octanol–water partition coefficient (Wildman–Crippen LogP) is 2.34. The second kappa shape index (κ2) is 8.25. The number of piperidine rings is 1. The van der Waals surface area contributed by atoms with Crippen molar-refractivity contribution in [1.82, 2.24) is 10.2 Å². The average molecular weight is 312 g/mol. The standard InChI is InChI=1S/C16H32N4O2/c1-12(2)13(19-15(21)22-16(3,4)5)11-18-14(17)20-9-7-6-8-10-20/h12-13H,6-11H2,1-5H3,(H2,17,18)(H,19,21). The molecule has 0 aliphatic carbocycles. The van der Waals surface area contributed by atoms with Gasteiger partial charge in [-0.2, -0.15) is 0 Å². The zero-order valence-corrected chi connectivity index (χ0v) is 14.7. The third-order valence-corrected chi connectivity index (χ3v) is 3.64. The second-order valence-corrected chi connectivity index (χ2v) is 7.24. The number of likely N-dealkylation sites (tertiary alicyclic amines) is 1. The summed E-state index contributed by atoms with van der Waals surface area (Å²) in [6.07, 6.45) is 3.19. The normalized spacial score (nSPS) is 18.3. The molecule has 1 atom stereocenters. The van der Waals surface area contributed by atoms with Crippen LogP contribution < -0.4 is 11.1 Å². The molecule has 1 aliphatic heterocycles. The molecule has 1 amide bonds. The van der Waals surface area contributed by atoms with Gasteiger partial charge < -0.3 is 20.7 Å². The minimum atomic E-state index is -0.498. The maximum atomic E-state index is 11.9. The lowest BCUT2D eigenvalue weighted by atomic mass is 10.1. The molecule has 0 aromatic carbocycles. The topological polar surface area (TPSA) is 80.0 Å². The molecule has 128 valence electrons. The molecule has 1 saturated heterocycles. The summed E-state index contributed by atoms with van der Waals surface area (Å²) >= 11 is 0. The monoisotopic (exact) mass is 312 g/mol. The molecule has 1 aliphatic rings. The zero-order chi connectivity index (χ0) is 16.8. The Labute approximate surface area is 134 Å². The van der Waals surface area contributed by atoms with Crippen LogP contribution in [-0.2, 0) is 4.74 Å². The number of nitrogens with one attached hydrogen (secondary N) is 1. The Hall–Kier alpha value is -1.46. The molecule has 0 saturated carbocycles. The summed E-state index contributed by atoms with van der Waals surface area (Å²) in [6.45, 7) is 12.1. The van der Waals surface area contributed by atoms with E-state index >= 15 is 0 Å². The molecule has 6 nitrogen and oxygen atoms in total. The first-order chi connectivity index (χ1) is 10.2. The van der Waals surface area contributed by atoms with Crippen LogP contribution in [0, 0.1) is 5.92 Å². The number of nitrogens with zero attached hydrogens (tertiary/aromatic N) is 2. The van der Waals surface area contributed by atoms with Gasteiger partial charge in [0.25, 0.3) is 0 Å². The fourth-order valence-corrected chi connectivity index (χ4v) is 2.30. The van der Waals surface area contributed by atoms with E-state index in [1.165, 1.54) is 19.3 Å². The summed E-state index contributed by atoms with van der Waals surface area (Å²) < 4.78 is 5.30. The van der Waals surface area contributed by atoms with E-state index in [-0.39, 0.29) is 12.0 Å². The number of guanidine groups is 1. The Morgan fingerprint density at radius 1 is 1.27 bits per heavy atom. The van der Waals surface area contributed by atoms with E-state index in [0.717, 1.165) is 13.1 Å². The average Bonchev–Trinajstić information content (AvgIpc) is 2.41. The predicted molar refractivity (Wildman–Crippen MR) is 89.9 cm³/mol. The smallest absolute Gasteiger partial charge is 0.407 e. The van der Waals surface area contributed by atoms with Gasteiger partial charge in [-0.15, -0.1) is 0 Å². The molecule has 0 radical (unpaired) electrons. The molecule has 3 N–H and O–H groups in total. The van der Waals surface area contributed by atoms with Gasteiger partial charge in [0.15, 0.2) is 5.96 Å². The van der Waals surface area contributed by atoms with Crippen LogP contribution in [0.1, 0.15) is 53.9 Å². The Morgan fingerprint density at radius 2 is 1.86 bits per heavy atom. The fourth-order valence-electron chi connectivity index (χ4n) is 2.30. The molecule has 0 aromatic rings. The first-order valence-corrected chi connectivity index (χ1v) is 8.23. The van der Waals surface area contributed by atoms with E-state index in [1.54, 1.807) is 0 Å². The van der Waals surface area contributed by atoms with E-state index in [2.05, 4.69) is 29.1 Å². The van der Waals surface area contributed by atoms with Gasteiger partial charge in [-0.1, -0.05) is 13.8 Å². The first kappa shape index (κ1) is 18.6. The van der Waals surface area contributed by atoms with Crippen molar-refractivity contribution in [3.63, 3.8) is 0 Å². The minimum absolute atomic E-state index is 0.0850. The SMILES string of the molecule is CC(C)C(CN=C(N)N1CCCCC1)NC(=O)OC(C)(C)C. The highest BCUT2D eigenvalue weighted by molar-refractivity contribution is 5.78. The molecular formula is C16H32N4O2. The maximum Gasteiger partial charge on any atom is 0.407 e. The number of hydrogen-bond donors (Lipinski definition) is 2. The van der Waals surface area contributed by atoms with E-state index in [9.17, 15) is 4.79 Å². The molecule has 1 heterocycles. The lowest BCUT2D eigenvalue weighted by Crippen LogP contribution is -2.45. The quantitative estimate of drug-likeness (QED) is 0.617. The van der Waals surface area contributed by atoms with Crippen molar-refractivity contribution < 1.29 is 9.53 Å². The van der Waals surface area contributed by atoms with Gasteiger partial charge in [0.1, 0.15) is 5.60 Å². The zero-order valence-electron chi connectivity index (χ0n) is 14.7. The lowest BCUT2D eigenvalue weighted by molar-refractivity contribution is 0.0493. The number of carbonyl (C=O) groups is 1.